The Morgan fingerprint density at radius 2 is 1.68 bits per heavy atom. The maximum Gasteiger partial charge on any atom is 0.220 e. The highest BCUT2D eigenvalue weighted by Crippen LogP contribution is 2.22. The predicted octanol–water partition coefficient (Wildman–Crippen LogP) is 4.86. The maximum atomic E-state index is 11.7. The van der Waals surface area contributed by atoms with E-state index in [-0.39, 0.29) is 5.91 Å². The van der Waals surface area contributed by atoms with Gasteiger partial charge in [-0.25, -0.2) is 0 Å². The van der Waals surface area contributed by atoms with E-state index in [1.807, 2.05) is 20.8 Å². The minimum atomic E-state index is 0.252. The Kier molecular flexibility index (Phi) is 22.3. The molecule has 0 aliphatic heterocycles. The van der Waals surface area contributed by atoms with Crippen molar-refractivity contribution in [3.63, 3.8) is 0 Å². The number of carbonyl (C=O) groups excluding carboxylic acids is 2. The van der Waals surface area contributed by atoms with Crippen LogP contribution in [0.1, 0.15) is 98.8 Å². The summed E-state index contributed by atoms with van der Waals surface area (Å²) in [6.07, 6.45) is 12.3. The van der Waals surface area contributed by atoms with Gasteiger partial charge in [0.25, 0.3) is 0 Å². The molecule has 0 aromatic carbocycles. The zero-order valence-electron chi connectivity index (χ0n) is 17.5. The molecule has 0 radical (unpaired) electrons. The second-order valence-corrected chi connectivity index (χ2v) is 6.80. The van der Waals surface area contributed by atoms with Crippen molar-refractivity contribution >= 4 is 12.2 Å². The second kappa shape index (κ2) is 21.1. The summed E-state index contributed by atoms with van der Waals surface area (Å²) >= 11 is 0. The first-order valence-electron chi connectivity index (χ1n) is 10.5. The van der Waals surface area contributed by atoms with E-state index in [0.717, 1.165) is 38.1 Å². The van der Waals surface area contributed by atoms with E-state index in [9.17, 15) is 9.59 Å². The lowest BCUT2D eigenvalue weighted by Gasteiger charge is -2.21. The number of nitrogens with one attached hydrogen (secondary N) is 2. The van der Waals surface area contributed by atoms with Crippen LogP contribution in [0.3, 0.4) is 0 Å². The number of aldehydes is 1. The van der Waals surface area contributed by atoms with E-state index < -0.39 is 0 Å². The molecule has 25 heavy (non-hydrogen) atoms. The summed E-state index contributed by atoms with van der Waals surface area (Å²) in [6, 6.07) is 0.568. The first-order valence-corrected chi connectivity index (χ1v) is 10.5. The zero-order valence-corrected chi connectivity index (χ0v) is 17.5. The average molecular weight is 357 g/mol. The fourth-order valence-corrected chi connectivity index (χ4v) is 2.72. The van der Waals surface area contributed by atoms with E-state index in [1.165, 1.54) is 38.5 Å². The van der Waals surface area contributed by atoms with E-state index in [0.29, 0.717) is 18.9 Å². The molecule has 0 heterocycles. The summed E-state index contributed by atoms with van der Waals surface area (Å²) in [5, 5.41) is 6.51. The fraction of sp³-hybridized carbons (Fsp3) is 0.905. The van der Waals surface area contributed by atoms with Crippen LogP contribution in [0.4, 0.5) is 0 Å². The van der Waals surface area contributed by atoms with Crippen LogP contribution in [0.5, 0.6) is 0 Å². The van der Waals surface area contributed by atoms with Gasteiger partial charge in [0.05, 0.1) is 0 Å². The quantitative estimate of drug-likeness (QED) is 0.434. The SMILES string of the molecule is CC.CC(C)NCCCCCC(=O)NCC1CCCCC1.CCC=O. The minimum Gasteiger partial charge on any atom is -0.356 e. The molecule has 1 aliphatic rings. The smallest absolute Gasteiger partial charge is 0.220 e. The Labute approximate surface area is 156 Å². The average Bonchev–Trinajstić information content (AvgIpc) is 2.65. The maximum absolute atomic E-state index is 11.7. The minimum absolute atomic E-state index is 0.252. The van der Waals surface area contributed by atoms with Gasteiger partial charge in [0.15, 0.2) is 0 Å². The Bertz CT molecular complexity index is 288. The summed E-state index contributed by atoms with van der Waals surface area (Å²) in [7, 11) is 0. The molecule has 0 aromatic heterocycles. The summed E-state index contributed by atoms with van der Waals surface area (Å²) in [4.78, 5) is 20.9. The standard InChI is InChI=1S/C16H32N2O.C3H6O.C2H6/c1-14(2)17-12-8-4-7-11-16(19)18-13-15-9-5-3-6-10-15;1-2-3-4;1-2/h14-15,17H,3-13H2,1-2H3,(H,18,19);3H,2H2,1H3;1-2H3. The molecule has 1 fully saturated rings. The summed E-state index contributed by atoms with van der Waals surface area (Å²) in [6.45, 7) is 12.1. The molecular weight excluding hydrogens is 312 g/mol. The Balaban J connectivity index is 0. The van der Waals surface area contributed by atoms with E-state index >= 15 is 0 Å². The molecule has 0 spiro atoms. The summed E-state index contributed by atoms with van der Waals surface area (Å²) in [5.41, 5.74) is 0. The van der Waals surface area contributed by atoms with Crippen molar-refractivity contribution in [2.45, 2.75) is 105 Å². The van der Waals surface area contributed by atoms with Gasteiger partial charge in [0.1, 0.15) is 6.29 Å². The number of amides is 1. The molecule has 1 saturated carbocycles. The molecular formula is C21H44N2O2. The Hall–Kier alpha value is -0.900. The molecule has 0 atom stereocenters. The molecule has 0 saturated heterocycles. The molecule has 150 valence electrons. The normalized spacial score (nSPS) is 14.0. The van der Waals surface area contributed by atoms with Gasteiger partial charge >= 0.3 is 0 Å². The first-order chi connectivity index (χ1) is 12.1. The molecule has 2 N–H and O–H groups in total. The van der Waals surface area contributed by atoms with Crippen LogP contribution in [-0.4, -0.2) is 31.3 Å². The van der Waals surface area contributed by atoms with Crippen molar-refractivity contribution in [3.8, 4) is 0 Å². The zero-order chi connectivity index (χ0) is 19.3. The highest BCUT2D eigenvalue weighted by Gasteiger charge is 2.13. The molecule has 1 amide bonds. The van der Waals surface area contributed by atoms with Crippen LogP contribution >= 0.6 is 0 Å². The van der Waals surface area contributed by atoms with Crippen molar-refractivity contribution in [2.75, 3.05) is 13.1 Å². The number of hydrogen-bond acceptors (Lipinski definition) is 3. The third-order valence-electron chi connectivity index (χ3n) is 4.11. The largest absolute Gasteiger partial charge is 0.356 e. The van der Waals surface area contributed by atoms with Crippen LogP contribution in [0.15, 0.2) is 0 Å². The van der Waals surface area contributed by atoms with Crippen molar-refractivity contribution in [1.82, 2.24) is 10.6 Å². The summed E-state index contributed by atoms with van der Waals surface area (Å²) in [5.74, 6) is 0.996. The molecule has 4 heteroatoms. The number of hydrogen-bond donors (Lipinski definition) is 2. The molecule has 4 nitrogen and oxygen atoms in total. The van der Waals surface area contributed by atoms with Crippen molar-refractivity contribution in [3.05, 3.63) is 0 Å². The topological polar surface area (TPSA) is 58.2 Å². The number of rotatable bonds is 10. The van der Waals surface area contributed by atoms with E-state index in [4.69, 9.17) is 0 Å². The molecule has 1 rings (SSSR count). The second-order valence-electron chi connectivity index (χ2n) is 6.80. The lowest BCUT2D eigenvalue weighted by Crippen LogP contribution is -2.30. The van der Waals surface area contributed by atoms with Crippen LogP contribution < -0.4 is 10.6 Å². The third kappa shape index (κ3) is 21.1. The molecule has 0 unspecified atom stereocenters. The fourth-order valence-electron chi connectivity index (χ4n) is 2.72. The lowest BCUT2D eigenvalue weighted by molar-refractivity contribution is -0.121. The Morgan fingerprint density at radius 3 is 2.20 bits per heavy atom. The third-order valence-corrected chi connectivity index (χ3v) is 4.11. The Morgan fingerprint density at radius 1 is 1.08 bits per heavy atom. The molecule has 0 aromatic rings. The number of unbranched alkanes of at least 4 members (excludes halogenated alkanes) is 2. The van der Waals surface area contributed by atoms with Gasteiger partial charge in [0.2, 0.25) is 5.91 Å². The van der Waals surface area contributed by atoms with Crippen LogP contribution in [0.2, 0.25) is 0 Å². The van der Waals surface area contributed by atoms with Gasteiger partial charge in [-0.1, -0.05) is 60.3 Å². The van der Waals surface area contributed by atoms with E-state index in [1.54, 1.807) is 0 Å². The van der Waals surface area contributed by atoms with Crippen LogP contribution in [-0.2, 0) is 9.59 Å². The molecule has 1 aliphatic carbocycles. The van der Waals surface area contributed by atoms with E-state index in [2.05, 4.69) is 24.5 Å². The van der Waals surface area contributed by atoms with Gasteiger partial charge in [-0.3, -0.25) is 4.79 Å². The lowest BCUT2D eigenvalue weighted by atomic mass is 9.89. The van der Waals surface area contributed by atoms with Gasteiger partial charge in [-0.05, 0) is 38.1 Å². The highest BCUT2D eigenvalue weighted by molar-refractivity contribution is 5.75. The highest BCUT2D eigenvalue weighted by atomic mass is 16.1. The van der Waals surface area contributed by atoms with Crippen LogP contribution in [0.25, 0.3) is 0 Å². The van der Waals surface area contributed by atoms with Crippen LogP contribution in [0, 0.1) is 5.92 Å². The van der Waals surface area contributed by atoms with Gasteiger partial charge in [0, 0.05) is 25.4 Å². The van der Waals surface area contributed by atoms with Gasteiger partial charge in [-0.2, -0.15) is 0 Å². The van der Waals surface area contributed by atoms with Crippen molar-refractivity contribution < 1.29 is 9.59 Å². The monoisotopic (exact) mass is 356 g/mol. The molecule has 0 bridgehead atoms. The first kappa shape index (κ1) is 26.3. The number of carbonyl (C=O) groups is 2. The summed E-state index contributed by atoms with van der Waals surface area (Å²) < 4.78 is 0. The van der Waals surface area contributed by atoms with Crippen molar-refractivity contribution in [1.29, 1.82) is 0 Å². The van der Waals surface area contributed by atoms with Gasteiger partial charge < -0.3 is 15.4 Å². The van der Waals surface area contributed by atoms with Gasteiger partial charge in [-0.15, -0.1) is 0 Å². The predicted molar refractivity (Wildman–Crippen MR) is 109 cm³/mol. The van der Waals surface area contributed by atoms with Crippen molar-refractivity contribution in [2.24, 2.45) is 5.92 Å².